The molecule has 0 aliphatic carbocycles. The van der Waals surface area contributed by atoms with Crippen molar-refractivity contribution in [2.75, 3.05) is 7.05 Å². The standard InChI is InChI=1S/C12H16N6O3/c1-9-11(18(20)21)7-17(13-9)8-12(19)15(2)6-10-4-5-16(3)14-10/h4-5,7H,6,8H2,1-3H3. The van der Waals surface area contributed by atoms with Crippen molar-refractivity contribution in [3.63, 3.8) is 0 Å². The highest BCUT2D eigenvalue weighted by Crippen LogP contribution is 2.15. The molecule has 2 aromatic heterocycles. The molecule has 21 heavy (non-hydrogen) atoms. The van der Waals surface area contributed by atoms with Crippen molar-refractivity contribution in [3.05, 3.63) is 40.0 Å². The van der Waals surface area contributed by atoms with E-state index in [0.717, 1.165) is 5.69 Å². The number of hydrogen-bond acceptors (Lipinski definition) is 5. The van der Waals surface area contributed by atoms with Crippen LogP contribution in [0, 0.1) is 17.0 Å². The van der Waals surface area contributed by atoms with Crippen molar-refractivity contribution in [1.29, 1.82) is 0 Å². The summed E-state index contributed by atoms with van der Waals surface area (Å²) < 4.78 is 2.94. The minimum Gasteiger partial charge on any atom is -0.338 e. The lowest BCUT2D eigenvalue weighted by Gasteiger charge is -2.15. The van der Waals surface area contributed by atoms with Gasteiger partial charge in [0.05, 0.1) is 17.2 Å². The summed E-state index contributed by atoms with van der Waals surface area (Å²) in [5.74, 6) is -0.196. The van der Waals surface area contributed by atoms with Crippen molar-refractivity contribution >= 4 is 11.6 Å². The maximum atomic E-state index is 12.1. The maximum Gasteiger partial charge on any atom is 0.309 e. The molecule has 9 heteroatoms. The molecule has 0 atom stereocenters. The first kappa shape index (κ1) is 14.7. The molecule has 112 valence electrons. The molecule has 9 nitrogen and oxygen atoms in total. The summed E-state index contributed by atoms with van der Waals surface area (Å²) in [6, 6.07) is 1.83. The van der Waals surface area contributed by atoms with Gasteiger partial charge in [-0.05, 0) is 13.0 Å². The second kappa shape index (κ2) is 5.73. The van der Waals surface area contributed by atoms with Gasteiger partial charge in [0.25, 0.3) is 0 Å². The van der Waals surface area contributed by atoms with E-state index in [2.05, 4.69) is 10.2 Å². The number of amides is 1. The molecule has 2 heterocycles. The van der Waals surface area contributed by atoms with E-state index in [9.17, 15) is 14.9 Å². The van der Waals surface area contributed by atoms with Gasteiger partial charge in [-0.25, -0.2) is 0 Å². The Morgan fingerprint density at radius 2 is 2.19 bits per heavy atom. The third-order valence-electron chi connectivity index (χ3n) is 3.01. The van der Waals surface area contributed by atoms with E-state index in [-0.39, 0.29) is 18.1 Å². The van der Waals surface area contributed by atoms with Gasteiger partial charge in [0, 0.05) is 20.3 Å². The van der Waals surface area contributed by atoms with E-state index in [4.69, 9.17) is 0 Å². The van der Waals surface area contributed by atoms with Crippen molar-refractivity contribution < 1.29 is 9.72 Å². The molecule has 0 unspecified atom stereocenters. The van der Waals surface area contributed by atoms with Gasteiger partial charge in [-0.15, -0.1) is 0 Å². The fraction of sp³-hybridized carbons (Fsp3) is 0.417. The van der Waals surface area contributed by atoms with Crippen LogP contribution < -0.4 is 0 Å². The van der Waals surface area contributed by atoms with Gasteiger partial charge < -0.3 is 4.90 Å². The summed E-state index contributed by atoms with van der Waals surface area (Å²) in [6.07, 6.45) is 3.07. The van der Waals surface area contributed by atoms with Gasteiger partial charge in [0.2, 0.25) is 5.91 Å². The summed E-state index contributed by atoms with van der Waals surface area (Å²) >= 11 is 0. The van der Waals surface area contributed by atoms with Crippen LogP contribution in [0.5, 0.6) is 0 Å². The van der Waals surface area contributed by atoms with E-state index in [0.29, 0.717) is 12.2 Å². The normalized spacial score (nSPS) is 10.6. The number of likely N-dealkylation sites (N-methyl/N-ethyl adjacent to an activating group) is 1. The molecule has 0 saturated carbocycles. The third kappa shape index (κ3) is 3.44. The second-order valence-electron chi connectivity index (χ2n) is 4.78. The predicted octanol–water partition coefficient (Wildman–Crippen LogP) is 0.492. The zero-order valence-electron chi connectivity index (χ0n) is 12.1. The Bertz CT molecular complexity index is 674. The Labute approximate surface area is 120 Å². The Hall–Kier alpha value is -2.71. The SMILES string of the molecule is Cc1nn(CC(=O)N(C)Cc2ccn(C)n2)cc1[N+](=O)[O-]. The Balaban J connectivity index is 2.00. The van der Waals surface area contributed by atoms with Crippen molar-refractivity contribution in [3.8, 4) is 0 Å². The van der Waals surface area contributed by atoms with E-state index < -0.39 is 4.92 Å². The molecular formula is C12H16N6O3. The topological polar surface area (TPSA) is 99.1 Å². The van der Waals surface area contributed by atoms with E-state index >= 15 is 0 Å². The lowest BCUT2D eigenvalue weighted by Crippen LogP contribution is -2.30. The molecule has 1 amide bonds. The number of aromatic nitrogens is 4. The summed E-state index contributed by atoms with van der Waals surface area (Å²) in [4.78, 5) is 23.8. The average molecular weight is 292 g/mol. The van der Waals surface area contributed by atoms with Crippen LogP contribution in [-0.4, -0.2) is 42.3 Å². The van der Waals surface area contributed by atoms with Gasteiger partial charge in [-0.2, -0.15) is 10.2 Å². The van der Waals surface area contributed by atoms with Gasteiger partial charge >= 0.3 is 5.69 Å². The molecule has 0 fully saturated rings. The molecule has 0 N–H and O–H groups in total. The van der Waals surface area contributed by atoms with Crippen LogP contribution in [-0.2, 0) is 24.9 Å². The molecule has 0 spiro atoms. The Morgan fingerprint density at radius 1 is 1.48 bits per heavy atom. The van der Waals surface area contributed by atoms with Crippen molar-refractivity contribution in [1.82, 2.24) is 24.5 Å². The highest BCUT2D eigenvalue weighted by molar-refractivity contribution is 5.75. The first-order chi connectivity index (χ1) is 9.86. The van der Waals surface area contributed by atoms with Crippen molar-refractivity contribution in [2.45, 2.75) is 20.0 Å². The first-order valence-electron chi connectivity index (χ1n) is 6.27. The zero-order valence-corrected chi connectivity index (χ0v) is 12.1. The fourth-order valence-electron chi connectivity index (χ4n) is 1.91. The lowest BCUT2D eigenvalue weighted by molar-refractivity contribution is -0.385. The molecule has 0 aliphatic heterocycles. The van der Waals surface area contributed by atoms with Gasteiger partial charge in [0.15, 0.2) is 0 Å². The van der Waals surface area contributed by atoms with Crippen LogP contribution in [0.1, 0.15) is 11.4 Å². The predicted molar refractivity (Wildman–Crippen MR) is 73.3 cm³/mol. The minimum absolute atomic E-state index is 0.0436. The van der Waals surface area contributed by atoms with Gasteiger partial charge in [-0.3, -0.25) is 24.3 Å². The Kier molecular flexibility index (Phi) is 4.01. The summed E-state index contributed by atoms with van der Waals surface area (Å²) in [5, 5.41) is 18.9. The number of hydrogen-bond donors (Lipinski definition) is 0. The highest BCUT2D eigenvalue weighted by Gasteiger charge is 2.18. The molecule has 2 rings (SSSR count). The number of nitro groups is 1. The Morgan fingerprint density at radius 3 is 2.71 bits per heavy atom. The second-order valence-corrected chi connectivity index (χ2v) is 4.78. The highest BCUT2D eigenvalue weighted by atomic mass is 16.6. The van der Waals surface area contributed by atoms with Crippen LogP contribution >= 0.6 is 0 Å². The maximum absolute atomic E-state index is 12.1. The smallest absolute Gasteiger partial charge is 0.309 e. The van der Waals surface area contributed by atoms with Crippen LogP contribution in [0.4, 0.5) is 5.69 Å². The third-order valence-corrected chi connectivity index (χ3v) is 3.01. The molecule has 0 saturated heterocycles. The number of nitrogens with zero attached hydrogens (tertiary/aromatic N) is 6. The van der Waals surface area contributed by atoms with E-state index in [1.165, 1.54) is 22.7 Å². The van der Waals surface area contributed by atoms with Gasteiger partial charge in [-0.1, -0.05) is 0 Å². The first-order valence-corrected chi connectivity index (χ1v) is 6.27. The molecule has 0 aliphatic rings. The van der Waals surface area contributed by atoms with Crippen LogP contribution in [0.2, 0.25) is 0 Å². The fourth-order valence-corrected chi connectivity index (χ4v) is 1.91. The van der Waals surface area contributed by atoms with Gasteiger partial charge in [0.1, 0.15) is 18.4 Å². The summed E-state index contributed by atoms with van der Waals surface area (Å²) in [7, 11) is 3.46. The van der Waals surface area contributed by atoms with E-state index in [1.807, 2.05) is 6.07 Å². The summed E-state index contributed by atoms with van der Waals surface area (Å²) in [6.45, 7) is 1.87. The quantitative estimate of drug-likeness (QED) is 0.590. The molecule has 0 radical (unpaired) electrons. The lowest BCUT2D eigenvalue weighted by atomic mass is 10.4. The number of aryl methyl sites for hydroxylation is 2. The van der Waals surface area contributed by atoms with Crippen LogP contribution in [0.3, 0.4) is 0 Å². The average Bonchev–Trinajstić information content (AvgIpc) is 2.95. The van der Waals surface area contributed by atoms with E-state index in [1.54, 1.807) is 25.0 Å². The number of rotatable bonds is 5. The van der Waals surface area contributed by atoms with Crippen molar-refractivity contribution in [2.24, 2.45) is 7.05 Å². The molecular weight excluding hydrogens is 276 g/mol. The number of carbonyl (C=O) groups excluding carboxylic acids is 1. The molecule has 2 aromatic rings. The van der Waals surface area contributed by atoms with Crippen LogP contribution in [0.25, 0.3) is 0 Å². The number of carbonyl (C=O) groups is 1. The summed E-state index contributed by atoms with van der Waals surface area (Å²) in [5.41, 5.74) is 0.978. The largest absolute Gasteiger partial charge is 0.338 e. The molecule has 0 bridgehead atoms. The molecule has 0 aromatic carbocycles. The minimum atomic E-state index is -0.513. The van der Waals surface area contributed by atoms with Crippen LogP contribution in [0.15, 0.2) is 18.5 Å². The monoisotopic (exact) mass is 292 g/mol. The zero-order chi connectivity index (χ0) is 15.6.